The molecule has 21 heavy (non-hydrogen) atoms. The third kappa shape index (κ3) is 3.69. The molecule has 1 aliphatic heterocycles. The predicted octanol–water partition coefficient (Wildman–Crippen LogP) is 0.849. The first kappa shape index (κ1) is 15.2. The van der Waals surface area contributed by atoms with Crippen molar-refractivity contribution in [3.05, 3.63) is 30.1 Å². The molecule has 1 saturated heterocycles. The summed E-state index contributed by atoms with van der Waals surface area (Å²) in [4.78, 5) is 26.7. The van der Waals surface area contributed by atoms with Gasteiger partial charge in [-0.1, -0.05) is 12.1 Å². The van der Waals surface area contributed by atoms with Gasteiger partial charge < -0.3 is 16.0 Å². The molecule has 2 rings (SSSR count). The topological polar surface area (TPSA) is 78.7 Å². The van der Waals surface area contributed by atoms with Gasteiger partial charge in [0.1, 0.15) is 5.82 Å². The van der Waals surface area contributed by atoms with Crippen molar-refractivity contribution in [1.82, 2.24) is 9.80 Å². The molecule has 1 heterocycles. The summed E-state index contributed by atoms with van der Waals surface area (Å²) in [5, 5.41) is 2.55. The lowest BCUT2D eigenvalue weighted by Crippen LogP contribution is -2.55. The van der Waals surface area contributed by atoms with Crippen LogP contribution in [0.4, 0.5) is 14.9 Å². The van der Waals surface area contributed by atoms with E-state index in [0.717, 1.165) is 0 Å². The molecule has 6 nitrogen and oxygen atoms in total. The van der Waals surface area contributed by atoms with Crippen molar-refractivity contribution in [3.8, 4) is 0 Å². The third-order valence-electron chi connectivity index (χ3n) is 3.68. The molecule has 0 aromatic heterocycles. The third-order valence-corrected chi connectivity index (χ3v) is 3.68. The number of amides is 3. The number of piperazine rings is 1. The van der Waals surface area contributed by atoms with Gasteiger partial charge in [-0.2, -0.15) is 0 Å². The molecule has 0 aliphatic carbocycles. The van der Waals surface area contributed by atoms with E-state index < -0.39 is 5.82 Å². The smallest absolute Gasteiger partial charge is 0.322 e. The number of primary amides is 1. The van der Waals surface area contributed by atoms with Gasteiger partial charge in [-0.05, 0) is 19.1 Å². The molecule has 1 unspecified atom stereocenters. The lowest BCUT2D eigenvalue weighted by Gasteiger charge is -2.36. The van der Waals surface area contributed by atoms with Crippen LogP contribution in [0.5, 0.6) is 0 Å². The van der Waals surface area contributed by atoms with Gasteiger partial charge in [-0.15, -0.1) is 0 Å². The van der Waals surface area contributed by atoms with Gasteiger partial charge >= 0.3 is 6.03 Å². The van der Waals surface area contributed by atoms with E-state index in [0.29, 0.717) is 26.2 Å². The minimum absolute atomic E-state index is 0.162. The molecule has 1 aromatic rings. The normalized spacial score (nSPS) is 17.3. The Labute approximate surface area is 122 Å². The summed E-state index contributed by atoms with van der Waals surface area (Å²) in [5.41, 5.74) is 5.43. The number of nitrogens with zero attached hydrogens (tertiary/aromatic N) is 2. The van der Waals surface area contributed by atoms with Crippen LogP contribution in [-0.2, 0) is 4.79 Å². The molecule has 7 heteroatoms. The molecular formula is C14H19FN4O2. The van der Waals surface area contributed by atoms with Gasteiger partial charge in [-0.25, -0.2) is 9.18 Å². The number of urea groups is 1. The monoisotopic (exact) mass is 294 g/mol. The molecule has 1 fully saturated rings. The number of hydrogen-bond acceptors (Lipinski definition) is 3. The van der Waals surface area contributed by atoms with E-state index in [1.807, 2.05) is 4.90 Å². The van der Waals surface area contributed by atoms with Crippen LogP contribution < -0.4 is 11.1 Å². The predicted molar refractivity (Wildman–Crippen MR) is 77.2 cm³/mol. The number of carbonyl (C=O) groups excluding carboxylic acids is 2. The zero-order chi connectivity index (χ0) is 15.4. The average Bonchev–Trinajstić information content (AvgIpc) is 2.49. The van der Waals surface area contributed by atoms with Gasteiger partial charge in [0.2, 0.25) is 5.91 Å². The molecule has 3 amide bonds. The van der Waals surface area contributed by atoms with Gasteiger partial charge in [0.25, 0.3) is 0 Å². The Balaban J connectivity index is 1.89. The van der Waals surface area contributed by atoms with Crippen LogP contribution in [-0.4, -0.2) is 54.0 Å². The summed E-state index contributed by atoms with van der Waals surface area (Å²) in [6.07, 6.45) is 0. The molecule has 0 radical (unpaired) electrons. The number of hydrogen-bond donors (Lipinski definition) is 2. The number of benzene rings is 1. The fourth-order valence-electron chi connectivity index (χ4n) is 2.25. The second-order valence-corrected chi connectivity index (χ2v) is 5.01. The van der Waals surface area contributed by atoms with E-state index in [9.17, 15) is 14.0 Å². The molecule has 114 valence electrons. The number of nitrogens with two attached hydrogens (primary N) is 1. The molecule has 0 saturated carbocycles. The Kier molecular flexibility index (Phi) is 4.74. The number of anilines is 1. The largest absolute Gasteiger partial charge is 0.368 e. The van der Waals surface area contributed by atoms with Gasteiger partial charge in [0.05, 0.1) is 11.7 Å². The second kappa shape index (κ2) is 6.53. The number of halogens is 1. The Morgan fingerprint density at radius 1 is 1.24 bits per heavy atom. The summed E-state index contributed by atoms with van der Waals surface area (Å²) in [5.74, 6) is -0.842. The summed E-state index contributed by atoms with van der Waals surface area (Å²) in [6.45, 7) is 3.82. The summed E-state index contributed by atoms with van der Waals surface area (Å²) >= 11 is 0. The van der Waals surface area contributed by atoms with Crippen molar-refractivity contribution in [2.75, 3.05) is 31.5 Å². The highest BCUT2D eigenvalue weighted by atomic mass is 19.1. The van der Waals surface area contributed by atoms with Crippen molar-refractivity contribution in [1.29, 1.82) is 0 Å². The highest BCUT2D eigenvalue weighted by Crippen LogP contribution is 2.14. The quantitative estimate of drug-likeness (QED) is 0.867. The Bertz CT molecular complexity index is 529. The minimum atomic E-state index is -0.466. The van der Waals surface area contributed by atoms with Crippen LogP contribution in [0.3, 0.4) is 0 Å². The van der Waals surface area contributed by atoms with Crippen LogP contribution in [0.2, 0.25) is 0 Å². The fraction of sp³-hybridized carbons (Fsp3) is 0.429. The maximum absolute atomic E-state index is 13.5. The van der Waals surface area contributed by atoms with E-state index in [1.54, 1.807) is 24.0 Å². The van der Waals surface area contributed by atoms with Crippen molar-refractivity contribution < 1.29 is 14.0 Å². The molecule has 0 spiro atoms. The highest BCUT2D eigenvalue weighted by Gasteiger charge is 2.26. The number of carbonyl (C=O) groups is 2. The second-order valence-electron chi connectivity index (χ2n) is 5.01. The van der Waals surface area contributed by atoms with Crippen molar-refractivity contribution >= 4 is 17.6 Å². The average molecular weight is 294 g/mol. The van der Waals surface area contributed by atoms with Crippen LogP contribution in [0.15, 0.2) is 24.3 Å². The molecule has 1 atom stereocenters. The molecule has 1 aromatic carbocycles. The Hall–Kier alpha value is -2.15. The molecular weight excluding hydrogens is 275 g/mol. The van der Waals surface area contributed by atoms with Crippen molar-refractivity contribution in [2.24, 2.45) is 5.73 Å². The lowest BCUT2D eigenvalue weighted by molar-refractivity contribution is -0.123. The number of para-hydroxylation sites is 1. The lowest BCUT2D eigenvalue weighted by atomic mass is 10.2. The molecule has 1 aliphatic rings. The van der Waals surface area contributed by atoms with Crippen LogP contribution in [0.25, 0.3) is 0 Å². The van der Waals surface area contributed by atoms with Crippen LogP contribution in [0, 0.1) is 5.82 Å². The van der Waals surface area contributed by atoms with E-state index >= 15 is 0 Å². The molecule has 0 bridgehead atoms. The van der Waals surface area contributed by atoms with Gasteiger partial charge in [-0.3, -0.25) is 9.69 Å². The zero-order valence-corrected chi connectivity index (χ0v) is 11.9. The summed E-state index contributed by atoms with van der Waals surface area (Å²) in [7, 11) is 0. The Morgan fingerprint density at radius 3 is 2.43 bits per heavy atom. The first-order chi connectivity index (χ1) is 9.99. The SMILES string of the molecule is CC(C(N)=O)N1CCN(C(=O)Nc2ccccc2F)CC1. The number of rotatable bonds is 3. The first-order valence-electron chi connectivity index (χ1n) is 6.83. The first-order valence-corrected chi connectivity index (χ1v) is 6.83. The van der Waals surface area contributed by atoms with Crippen molar-refractivity contribution in [3.63, 3.8) is 0 Å². The van der Waals surface area contributed by atoms with Crippen molar-refractivity contribution in [2.45, 2.75) is 13.0 Å². The minimum Gasteiger partial charge on any atom is -0.368 e. The standard InChI is InChI=1S/C14H19FN4O2/c1-10(13(16)20)18-6-8-19(9-7-18)14(21)17-12-5-3-2-4-11(12)15/h2-5,10H,6-9H2,1H3,(H2,16,20)(H,17,21). The summed E-state index contributed by atoms with van der Waals surface area (Å²) in [6, 6.07) is 5.34. The fourth-order valence-corrected chi connectivity index (χ4v) is 2.25. The van der Waals surface area contributed by atoms with E-state index in [-0.39, 0.29) is 23.7 Å². The maximum atomic E-state index is 13.5. The van der Waals surface area contributed by atoms with Gasteiger partial charge in [0, 0.05) is 26.2 Å². The van der Waals surface area contributed by atoms with E-state index in [2.05, 4.69) is 5.32 Å². The maximum Gasteiger partial charge on any atom is 0.322 e. The number of nitrogens with one attached hydrogen (secondary N) is 1. The van der Waals surface area contributed by atoms with Gasteiger partial charge in [0.15, 0.2) is 0 Å². The molecule has 3 N–H and O–H groups in total. The Morgan fingerprint density at radius 2 is 1.86 bits per heavy atom. The van der Waals surface area contributed by atoms with Crippen LogP contribution in [0.1, 0.15) is 6.92 Å². The van der Waals surface area contributed by atoms with E-state index in [4.69, 9.17) is 5.73 Å². The van der Waals surface area contributed by atoms with E-state index in [1.165, 1.54) is 12.1 Å². The van der Waals surface area contributed by atoms with Crippen LogP contribution >= 0.6 is 0 Å². The zero-order valence-electron chi connectivity index (χ0n) is 11.9. The summed E-state index contributed by atoms with van der Waals surface area (Å²) < 4.78 is 13.5. The highest BCUT2D eigenvalue weighted by molar-refractivity contribution is 5.89.